The quantitative estimate of drug-likeness (QED) is 0.726. The normalized spacial score (nSPS) is 12.0. The number of hydrogen-bond donors (Lipinski definition) is 0. The van der Waals surface area contributed by atoms with Crippen LogP contribution in [0.15, 0.2) is 29.0 Å². The first-order valence-corrected chi connectivity index (χ1v) is 5.68. The van der Waals surface area contributed by atoms with E-state index in [-0.39, 0.29) is 5.41 Å². The summed E-state index contributed by atoms with van der Waals surface area (Å²) in [5.74, 6) is 0. The maximum absolute atomic E-state index is 4.38. The second-order valence-corrected chi connectivity index (χ2v) is 5.55. The predicted octanol–water partition coefficient (Wildman–Crippen LogP) is 3.69. The third-order valence-corrected chi connectivity index (χ3v) is 2.80. The standard InChI is InChI=1S/C12H13BrN2/c1-12(2,3)11-9-5-4-8(13)6-10(9)14-7-15-11/h4-7H,1-3H3. The minimum atomic E-state index is 0.0506. The van der Waals surface area contributed by atoms with E-state index in [2.05, 4.69) is 52.7 Å². The maximum atomic E-state index is 4.38. The third kappa shape index (κ3) is 2.02. The summed E-state index contributed by atoms with van der Waals surface area (Å²) < 4.78 is 1.05. The molecule has 0 aliphatic carbocycles. The molecule has 0 saturated carbocycles. The number of fused-ring (bicyclic) bond motifs is 1. The topological polar surface area (TPSA) is 25.8 Å². The van der Waals surface area contributed by atoms with Gasteiger partial charge in [-0.05, 0) is 18.2 Å². The molecule has 0 amide bonds. The molecule has 0 N–H and O–H groups in total. The molecule has 0 unspecified atom stereocenters. The van der Waals surface area contributed by atoms with Crippen molar-refractivity contribution in [2.45, 2.75) is 26.2 Å². The summed E-state index contributed by atoms with van der Waals surface area (Å²) in [7, 11) is 0. The number of halogens is 1. The Bertz CT molecular complexity index is 500. The van der Waals surface area contributed by atoms with Gasteiger partial charge in [0.25, 0.3) is 0 Å². The van der Waals surface area contributed by atoms with E-state index in [0.29, 0.717) is 0 Å². The lowest BCUT2D eigenvalue weighted by Gasteiger charge is -2.19. The molecule has 2 nitrogen and oxygen atoms in total. The van der Waals surface area contributed by atoms with Gasteiger partial charge in [-0.3, -0.25) is 0 Å². The van der Waals surface area contributed by atoms with E-state index in [1.165, 1.54) is 0 Å². The highest BCUT2D eigenvalue weighted by Crippen LogP contribution is 2.28. The molecule has 0 fully saturated rings. The average molecular weight is 265 g/mol. The van der Waals surface area contributed by atoms with E-state index in [0.717, 1.165) is 21.1 Å². The number of benzene rings is 1. The SMILES string of the molecule is CC(C)(C)c1ncnc2cc(Br)ccc12. The Morgan fingerprint density at radius 3 is 2.53 bits per heavy atom. The van der Waals surface area contributed by atoms with E-state index >= 15 is 0 Å². The van der Waals surface area contributed by atoms with Crippen LogP contribution in [0.25, 0.3) is 10.9 Å². The Labute approximate surface area is 97.9 Å². The van der Waals surface area contributed by atoms with E-state index in [1.54, 1.807) is 6.33 Å². The zero-order valence-corrected chi connectivity index (χ0v) is 10.7. The van der Waals surface area contributed by atoms with Crippen LogP contribution in [-0.4, -0.2) is 9.97 Å². The van der Waals surface area contributed by atoms with E-state index in [4.69, 9.17) is 0 Å². The lowest BCUT2D eigenvalue weighted by atomic mass is 9.89. The lowest BCUT2D eigenvalue weighted by Crippen LogP contribution is -2.14. The van der Waals surface area contributed by atoms with Crippen LogP contribution < -0.4 is 0 Å². The number of hydrogen-bond acceptors (Lipinski definition) is 2. The van der Waals surface area contributed by atoms with E-state index in [1.807, 2.05) is 12.1 Å². The number of nitrogens with zero attached hydrogens (tertiary/aromatic N) is 2. The van der Waals surface area contributed by atoms with Crippen molar-refractivity contribution in [3.05, 3.63) is 34.7 Å². The van der Waals surface area contributed by atoms with Gasteiger partial charge in [0, 0.05) is 15.3 Å². The fourth-order valence-electron chi connectivity index (χ4n) is 1.63. The van der Waals surface area contributed by atoms with Gasteiger partial charge in [-0.1, -0.05) is 36.7 Å². The fraction of sp³-hybridized carbons (Fsp3) is 0.333. The largest absolute Gasteiger partial charge is 0.240 e. The van der Waals surface area contributed by atoms with Crippen LogP contribution in [-0.2, 0) is 5.41 Å². The Morgan fingerprint density at radius 1 is 1.13 bits per heavy atom. The summed E-state index contributed by atoms with van der Waals surface area (Å²) >= 11 is 3.45. The second kappa shape index (κ2) is 3.56. The Hall–Kier alpha value is -0.960. The molecular weight excluding hydrogens is 252 g/mol. The van der Waals surface area contributed by atoms with Gasteiger partial charge >= 0.3 is 0 Å². The molecular formula is C12H13BrN2. The molecule has 78 valence electrons. The molecule has 2 aromatic rings. The smallest absolute Gasteiger partial charge is 0.116 e. The zero-order valence-electron chi connectivity index (χ0n) is 9.08. The van der Waals surface area contributed by atoms with Gasteiger partial charge in [-0.15, -0.1) is 0 Å². The van der Waals surface area contributed by atoms with Crippen LogP contribution in [0.2, 0.25) is 0 Å². The molecule has 0 atom stereocenters. The van der Waals surface area contributed by atoms with Crippen molar-refractivity contribution in [2.75, 3.05) is 0 Å². The molecule has 0 aliphatic heterocycles. The second-order valence-electron chi connectivity index (χ2n) is 4.63. The molecule has 3 heteroatoms. The first-order chi connectivity index (χ1) is 6.98. The summed E-state index contributed by atoms with van der Waals surface area (Å²) in [6.07, 6.45) is 1.63. The molecule has 1 heterocycles. The maximum Gasteiger partial charge on any atom is 0.116 e. The summed E-state index contributed by atoms with van der Waals surface area (Å²) in [6, 6.07) is 6.12. The van der Waals surface area contributed by atoms with Crippen molar-refractivity contribution < 1.29 is 0 Å². The van der Waals surface area contributed by atoms with Crippen molar-refractivity contribution in [3.63, 3.8) is 0 Å². The molecule has 0 spiro atoms. The van der Waals surface area contributed by atoms with Gasteiger partial charge in [-0.2, -0.15) is 0 Å². The van der Waals surface area contributed by atoms with Gasteiger partial charge in [0.2, 0.25) is 0 Å². The van der Waals surface area contributed by atoms with Crippen LogP contribution in [0.4, 0.5) is 0 Å². The van der Waals surface area contributed by atoms with Gasteiger partial charge in [0.15, 0.2) is 0 Å². The first-order valence-electron chi connectivity index (χ1n) is 4.89. The van der Waals surface area contributed by atoms with Crippen molar-refractivity contribution in [1.29, 1.82) is 0 Å². The minimum Gasteiger partial charge on any atom is -0.240 e. The molecule has 2 rings (SSSR count). The Morgan fingerprint density at radius 2 is 1.87 bits per heavy atom. The summed E-state index contributed by atoms with van der Waals surface area (Å²) in [4.78, 5) is 8.66. The third-order valence-electron chi connectivity index (χ3n) is 2.31. The highest BCUT2D eigenvalue weighted by atomic mass is 79.9. The molecule has 0 radical (unpaired) electrons. The van der Waals surface area contributed by atoms with Crippen LogP contribution in [0.1, 0.15) is 26.5 Å². The van der Waals surface area contributed by atoms with Gasteiger partial charge in [-0.25, -0.2) is 9.97 Å². The highest BCUT2D eigenvalue weighted by Gasteiger charge is 2.18. The zero-order chi connectivity index (χ0) is 11.1. The molecule has 0 aliphatic rings. The van der Waals surface area contributed by atoms with Crippen molar-refractivity contribution in [2.24, 2.45) is 0 Å². The molecule has 1 aromatic carbocycles. The average Bonchev–Trinajstić information content (AvgIpc) is 2.15. The van der Waals surface area contributed by atoms with E-state index in [9.17, 15) is 0 Å². The predicted molar refractivity (Wildman–Crippen MR) is 65.9 cm³/mol. The minimum absolute atomic E-state index is 0.0506. The van der Waals surface area contributed by atoms with Crippen molar-refractivity contribution in [3.8, 4) is 0 Å². The summed E-state index contributed by atoms with van der Waals surface area (Å²) in [5, 5.41) is 1.13. The number of aromatic nitrogens is 2. The molecule has 15 heavy (non-hydrogen) atoms. The first kappa shape index (κ1) is 10.6. The van der Waals surface area contributed by atoms with Gasteiger partial charge in [0.1, 0.15) is 6.33 Å². The van der Waals surface area contributed by atoms with Crippen LogP contribution in [0, 0.1) is 0 Å². The summed E-state index contributed by atoms with van der Waals surface area (Å²) in [6.45, 7) is 6.49. The Kier molecular flexibility index (Phi) is 2.51. The van der Waals surface area contributed by atoms with E-state index < -0.39 is 0 Å². The lowest BCUT2D eigenvalue weighted by molar-refractivity contribution is 0.574. The van der Waals surface area contributed by atoms with Gasteiger partial charge < -0.3 is 0 Å². The summed E-state index contributed by atoms with van der Waals surface area (Å²) in [5.41, 5.74) is 2.14. The van der Waals surface area contributed by atoms with Crippen molar-refractivity contribution >= 4 is 26.8 Å². The van der Waals surface area contributed by atoms with Crippen molar-refractivity contribution in [1.82, 2.24) is 9.97 Å². The monoisotopic (exact) mass is 264 g/mol. The fourth-order valence-corrected chi connectivity index (χ4v) is 1.98. The van der Waals surface area contributed by atoms with Gasteiger partial charge in [0.05, 0.1) is 11.2 Å². The van der Waals surface area contributed by atoms with Crippen LogP contribution >= 0.6 is 15.9 Å². The van der Waals surface area contributed by atoms with Crippen LogP contribution in [0.5, 0.6) is 0 Å². The molecule has 0 bridgehead atoms. The van der Waals surface area contributed by atoms with Crippen LogP contribution in [0.3, 0.4) is 0 Å². The number of rotatable bonds is 0. The highest BCUT2D eigenvalue weighted by molar-refractivity contribution is 9.10. The molecule has 0 saturated heterocycles. The molecule has 1 aromatic heterocycles. The Balaban J connectivity index is 2.77.